The highest BCUT2D eigenvalue weighted by atomic mass is 16.5. The Hall–Kier alpha value is -3.48. The van der Waals surface area contributed by atoms with Crippen molar-refractivity contribution in [1.29, 1.82) is 0 Å². The number of rotatable bonds is 3. The lowest BCUT2D eigenvalue weighted by atomic mass is 10.2. The zero-order chi connectivity index (χ0) is 19.1. The molecule has 3 aromatic heterocycles. The number of hydrogen-bond donors (Lipinski definition) is 0. The van der Waals surface area contributed by atoms with Crippen LogP contribution >= 0.6 is 0 Å². The van der Waals surface area contributed by atoms with E-state index in [1.54, 1.807) is 6.92 Å². The van der Waals surface area contributed by atoms with Gasteiger partial charge in [-0.1, -0.05) is 35.5 Å². The fourth-order valence-electron chi connectivity index (χ4n) is 3.75. The Morgan fingerprint density at radius 1 is 1.11 bits per heavy atom. The molecule has 0 bridgehead atoms. The van der Waals surface area contributed by atoms with Crippen LogP contribution in [-0.2, 0) is 0 Å². The van der Waals surface area contributed by atoms with Crippen LogP contribution in [0.5, 0.6) is 0 Å². The van der Waals surface area contributed by atoms with Gasteiger partial charge in [-0.2, -0.15) is 4.98 Å². The van der Waals surface area contributed by atoms with Gasteiger partial charge in [-0.25, -0.2) is 4.98 Å². The summed E-state index contributed by atoms with van der Waals surface area (Å²) < 4.78 is 7.22. The van der Waals surface area contributed by atoms with Gasteiger partial charge in [0.1, 0.15) is 11.7 Å². The van der Waals surface area contributed by atoms with E-state index in [4.69, 9.17) is 4.52 Å². The molecule has 1 amide bonds. The number of carbonyl (C=O) groups is 1. The summed E-state index contributed by atoms with van der Waals surface area (Å²) in [5, 5.41) is 3.86. The first-order valence-corrected chi connectivity index (χ1v) is 9.34. The number of pyridine rings is 1. The molecule has 4 aromatic rings. The number of fused-ring (bicyclic) bond motifs is 1. The largest absolute Gasteiger partial charge is 0.337 e. The summed E-state index contributed by atoms with van der Waals surface area (Å²) in [6.07, 6.45) is 5.54. The molecule has 0 unspecified atom stereocenters. The third kappa shape index (κ3) is 2.85. The lowest BCUT2D eigenvalue weighted by Gasteiger charge is -2.21. The molecule has 28 heavy (non-hydrogen) atoms. The highest BCUT2D eigenvalue weighted by molar-refractivity contribution is 5.94. The van der Waals surface area contributed by atoms with Crippen LogP contribution in [0.25, 0.3) is 16.9 Å². The first-order valence-electron chi connectivity index (χ1n) is 9.34. The van der Waals surface area contributed by atoms with Crippen molar-refractivity contribution in [3.63, 3.8) is 0 Å². The van der Waals surface area contributed by atoms with Crippen molar-refractivity contribution in [3.05, 3.63) is 72.1 Å². The molecule has 4 heterocycles. The van der Waals surface area contributed by atoms with Crippen LogP contribution in [-0.4, -0.2) is 36.9 Å². The van der Waals surface area contributed by atoms with Gasteiger partial charge in [-0.3, -0.25) is 4.79 Å². The molecule has 7 heteroatoms. The standard InChI is InChI=1S/C21H19N5O2/c1-14-22-20(28-24-14)18-8-5-11-26(18)21(27)16-9-10-19-23-17(13-25(19)12-16)15-6-3-2-4-7-15/h2-4,6-7,9-10,12-13,18H,5,8,11H2,1H3/t18-/m0/s1. The number of nitrogens with zero attached hydrogens (tertiary/aromatic N) is 5. The Morgan fingerprint density at radius 3 is 2.75 bits per heavy atom. The van der Waals surface area contributed by atoms with Gasteiger partial charge in [0.15, 0.2) is 5.82 Å². The van der Waals surface area contributed by atoms with Crippen molar-refractivity contribution >= 4 is 11.6 Å². The van der Waals surface area contributed by atoms with Gasteiger partial charge in [-0.15, -0.1) is 0 Å². The molecule has 0 aliphatic carbocycles. The normalized spacial score (nSPS) is 16.8. The fraction of sp³-hybridized carbons (Fsp3) is 0.238. The van der Waals surface area contributed by atoms with E-state index < -0.39 is 0 Å². The van der Waals surface area contributed by atoms with Gasteiger partial charge in [0.05, 0.1) is 11.3 Å². The molecule has 5 rings (SSSR count). The summed E-state index contributed by atoms with van der Waals surface area (Å²) in [6, 6.07) is 13.5. The average molecular weight is 373 g/mol. The Kier molecular flexibility index (Phi) is 3.93. The Labute approximate surface area is 161 Å². The van der Waals surface area contributed by atoms with E-state index in [1.165, 1.54) is 0 Å². The number of aryl methyl sites for hydroxylation is 1. The summed E-state index contributed by atoms with van der Waals surface area (Å²) >= 11 is 0. The SMILES string of the molecule is Cc1noc([C@@H]2CCCN2C(=O)c2ccc3nc(-c4ccccc4)cn3c2)n1. The van der Waals surface area contributed by atoms with Gasteiger partial charge < -0.3 is 13.8 Å². The van der Waals surface area contributed by atoms with E-state index in [9.17, 15) is 4.79 Å². The quantitative estimate of drug-likeness (QED) is 0.548. The Morgan fingerprint density at radius 2 is 1.96 bits per heavy atom. The molecule has 1 fully saturated rings. The first kappa shape index (κ1) is 16.7. The predicted molar refractivity (Wildman–Crippen MR) is 103 cm³/mol. The molecule has 0 N–H and O–H groups in total. The monoisotopic (exact) mass is 373 g/mol. The van der Waals surface area contributed by atoms with Crippen molar-refractivity contribution in [2.45, 2.75) is 25.8 Å². The van der Waals surface area contributed by atoms with E-state index in [0.29, 0.717) is 23.8 Å². The van der Waals surface area contributed by atoms with Crippen molar-refractivity contribution in [1.82, 2.24) is 24.4 Å². The number of likely N-dealkylation sites (tertiary alicyclic amines) is 1. The van der Waals surface area contributed by atoms with Crippen LogP contribution in [0.2, 0.25) is 0 Å². The average Bonchev–Trinajstić information content (AvgIpc) is 3.46. The van der Waals surface area contributed by atoms with Gasteiger partial charge in [-0.05, 0) is 31.9 Å². The molecule has 1 aromatic carbocycles. The van der Waals surface area contributed by atoms with E-state index in [0.717, 1.165) is 29.7 Å². The van der Waals surface area contributed by atoms with Crippen molar-refractivity contribution in [3.8, 4) is 11.3 Å². The molecule has 1 aliphatic heterocycles. The lowest BCUT2D eigenvalue weighted by Crippen LogP contribution is -2.30. The molecule has 0 spiro atoms. The number of aromatic nitrogens is 4. The minimum Gasteiger partial charge on any atom is -0.337 e. The fourth-order valence-corrected chi connectivity index (χ4v) is 3.75. The second-order valence-electron chi connectivity index (χ2n) is 7.01. The highest BCUT2D eigenvalue weighted by Gasteiger charge is 2.34. The number of benzene rings is 1. The van der Waals surface area contributed by atoms with Crippen LogP contribution in [0.3, 0.4) is 0 Å². The first-order chi connectivity index (χ1) is 13.7. The Bertz CT molecular complexity index is 1150. The molecule has 1 atom stereocenters. The molecule has 1 saturated heterocycles. The van der Waals surface area contributed by atoms with E-state index >= 15 is 0 Å². The number of imidazole rings is 1. The van der Waals surface area contributed by atoms with Crippen LogP contribution in [0.1, 0.15) is 41.0 Å². The van der Waals surface area contributed by atoms with Crippen molar-refractivity contribution in [2.24, 2.45) is 0 Å². The Balaban J connectivity index is 1.46. The number of carbonyl (C=O) groups excluding carboxylic acids is 1. The molecule has 0 radical (unpaired) electrons. The molecule has 0 saturated carbocycles. The lowest BCUT2D eigenvalue weighted by molar-refractivity contribution is 0.0709. The topological polar surface area (TPSA) is 76.5 Å². The minimum atomic E-state index is -0.160. The van der Waals surface area contributed by atoms with Crippen LogP contribution in [0.15, 0.2) is 59.4 Å². The van der Waals surface area contributed by atoms with Gasteiger partial charge in [0.2, 0.25) is 5.89 Å². The van der Waals surface area contributed by atoms with E-state index in [1.807, 2.05) is 64.2 Å². The summed E-state index contributed by atoms with van der Waals surface area (Å²) in [6.45, 7) is 2.47. The van der Waals surface area contributed by atoms with Gasteiger partial charge in [0, 0.05) is 24.5 Å². The summed E-state index contributed by atoms with van der Waals surface area (Å²) in [5.74, 6) is 1.07. The smallest absolute Gasteiger partial charge is 0.256 e. The van der Waals surface area contributed by atoms with Gasteiger partial charge >= 0.3 is 0 Å². The van der Waals surface area contributed by atoms with E-state index in [-0.39, 0.29) is 11.9 Å². The predicted octanol–water partition coefficient (Wildman–Crippen LogP) is 3.67. The maximum atomic E-state index is 13.2. The second kappa shape index (κ2) is 6.60. The molecule has 1 aliphatic rings. The maximum absolute atomic E-state index is 13.2. The molecule has 7 nitrogen and oxygen atoms in total. The molecular weight excluding hydrogens is 354 g/mol. The zero-order valence-electron chi connectivity index (χ0n) is 15.4. The summed E-state index contributed by atoms with van der Waals surface area (Å²) in [5.41, 5.74) is 3.35. The van der Waals surface area contributed by atoms with Crippen LogP contribution < -0.4 is 0 Å². The summed E-state index contributed by atoms with van der Waals surface area (Å²) in [7, 11) is 0. The van der Waals surface area contributed by atoms with Crippen LogP contribution in [0, 0.1) is 6.92 Å². The third-order valence-corrected chi connectivity index (χ3v) is 5.11. The zero-order valence-corrected chi connectivity index (χ0v) is 15.4. The van der Waals surface area contributed by atoms with Crippen molar-refractivity contribution in [2.75, 3.05) is 6.54 Å². The third-order valence-electron chi connectivity index (χ3n) is 5.11. The highest BCUT2D eigenvalue weighted by Crippen LogP contribution is 2.32. The second-order valence-corrected chi connectivity index (χ2v) is 7.01. The number of amides is 1. The van der Waals surface area contributed by atoms with Crippen molar-refractivity contribution < 1.29 is 9.32 Å². The minimum absolute atomic E-state index is 0.0322. The van der Waals surface area contributed by atoms with Crippen LogP contribution in [0.4, 0.5) is 0 Å². The van der Waals surface area contributed by atoms with Gasteiger partial charge in [0.25, 0.3) is 5.91 Å². The van der Waals surface area contributed by atoms with E-state index in [2.05, 4.69) is 15.1 Å². The molecular formula is C21H19N5O2. The summed E-state index contributed by atoms with van der Waals surface area (Å²) in [4.78, 5) is 24.0. The molecule has 140 valence electrons. The maximum Gasteiger partial charge on any atom is 0.256 e. The number of hydrogen-bond acceptors (Lipinski definition) is 5.